The first-order chi connectivity index (χ1) is 11.8. The van der Waals surface area contributed by atoms with E-state index in [9.17, 15) is 13.2 Å². The van der Waals surface area contributed by atoms with Gasteiger partial charge in [0, 0.05) is 45.5 Å². The second-order valence-corrected chi connectivity index (χ2v) is 8.28. The Morgan fingerprint density at radius 3 is 2.42 bits per heavy atom. The van der Waals surface area contributed by atoms with Crippen molar-refractivity contribution in [2.24, 2.45) is 4.99 Å². The Bertz CT molecular complexity index is 706. The van der Waals surface area contributed by atoms with Gasteiger partial charge in [0.2, 0.25) is 0 Å². The number of nitrogens with zero attached hydrogens (tertiary/aromatic N) is 2. The van der Waals surface area contributed by atoms with Gasteiger partial charge in [0.05, 0.1) is 5.75 Å². The predicted molar refractivity (Wildman–Crippen MR) is 117 cm³/mol. The Balaban J connectivity index is 0.00000625. The van der Waals surface area contributed by atoms with Crippen LogP contribution in [-0.4, -0.2) is 70.9 Å². The van der Waals surface area contributed by atoms with Crippen molar-refractivity contribution >= 4 is 45.7 Å². The second-order valence-electron chi connectivity index (χ2n) is 5.81. The standard InChI is InChI=1S/C17H28N4O3S.HI/c1-5-25(23,24)12-11-20-17(18-2)19-10-9-14-7-6-8-15(13-14)16(22)21(3)4;/h6-8,13H,5,9-12H2,1-4H3,(H2,18,19,20);1H. The van der Waals surface area contributed by atoms with Gasteiger partial charge in [-0.2, -0.15) is 0 Å². The molecule has 0 saturated carbocycles. The maximum Gasteiger partial charge on any atom is 0.253 e. The van der Waals surface area contributed by atoms with Crippen molar-refractivity contribution in [2.45, 2.75) is 13.3 Å². The van der Waals surface area contributed by atoms with Gasteiger partial charge in [-0.1, -0.05) is 19.1 Å². The highest BCUT2D eigenvalue weighted by molar-refractivity contribution is 14.0. The van der Waals surface area contributed by atoms with E-state index in [2.05, 4.69) is 15.6 Å². The number of aliphatic imine (C=N–C) groups is 1. The topological polar surface area (TPSA) is 90.9 Å². The Labute approximate surface area is 173 Å². The normalized spacial score (nSPS) is 11.5. The van der Waals surface area contributed by atoms with E-state index in [0.29, 0.717) is 24.6 Å². The van der Waals surface area contributed by atoms with Crippen LogP contribution >= 0.6 is 24.0 Å². The van der Waals surface area contributed by atoms with Crippen molar-refractivity contribution in [3.63, 3.8) is 0 Å². The summed E-state index contributed by atoms with van der Waals surface area (Å²) in [5.41, 5.74) is 1.71. The lowest BCUT2D eigenvalue weighted by molar-refractivity contribution is 0.0827. The molecular formula is C17H29IN4O3S. The predicted octanol–water partition coefficient (Wildman–Crippen LogP) is 1.15. The molecule has 1 amide bonds. The van der Waals surface area contributed by atoms with Crippen LogP contribution < -0.4 is 10.6 Å². The van der Waals surface area contributed by atoms with E-state index in [0.717, 1.165) is 12.0 Å². The molecular weight excluding hydrogens is 467 g/mol. The minimum absolute atomic E-state index is 0. The van der Waals surface area contributed by atoms with Gasteiger partial charge in [-0.15, -0.1) is 24.0 Å². The molecule has 0 spiro atoms. The molecule has 0 aromatic heterocycles. The van der Waals surface area contributed by atoms with Crippen molar-refractivity contribution in [1.82, 2.24) is 15.5 Å². The largest absolute Gasteiger partial charge is 0.356 e. The highest BCUT2D eigenvalue weighted by atomic mass is 127. The molecule has 1 aromatic carbocycles. The van der Waals surface area contributed by atoms with Crippen molar-refractivity contribution in [3.8, 4) is 0 Å². The summed E-state index contributed by atoms with van der Waals surface area (Å²) >= 11 is 0. The average molecular weight is 496 g/mol. The third kappa shape index (κ3) is 8.84. The number of amides is 1. The van der Waals surface area contributed by atoms with Crippen LogP contribution in [0, 0.1) is 0 Å². The molecule has 0 unspecified atom stereocenters. The molecule has 148 valence electrons. The number of carbonyl (C=O) groups is 1. The summed E-state index contributed by atoms with van der Waals surface area (Å²) in [4.78, 5) is 17.6. The quantitative estimate of drug-likeness (QED) is 0.320. The van der Waals surface area contributed by atoms with Crippen LogP contribution in [0.15, 0.2) is 29.3 Å². The lowest BCUT2D eigenvalue weighted by Crippen LogP contribution is -2.40. The SMILES string of the molecule is CCS(=O)(=O)CCNC(=NC)NCCc1cccc(C(=O)N(C)C)c1.I. The Morgan fingerprint density at radius 2 is 1.85 bits per heavy atom. The van der Waals surface area contributed by atoms with Gasteiger partial charge < -0.3 is 15.5 Å². The third-order valence-corrected chi connectivity index (χ3v) is 5.36. The fourth-order valence-electron chi connectivity index (χ4n) is 2.13. The number of benzene rings is 1. The molecule has 0 aliphatic heterocycles. The molecule has 0 radical (unpaired) electrons. The highest BCUT2D eigenvalue weighted by Crippen LogP contribution is 2.07. The zero-order valence-electron chi connectivity index (χ0n) is 15.8. The van der Waals surface area contributed by atoms with Gasteiger partial charge in [-0.25, -0.2) is 8.42 Å². The number of hydrogen-bond acceptors (Lipinski definition) is 4. The van der Waals surface area contributed by atoms with Crippen LogP contribution in [0.5, 0.6) is 0 Å². The summed E-state index contributed by atoms with van der Waals surface area (Å²) in [6.07, 6.45) is 0.725. The summed E-state index contributed by atoms with van der Waals surface area (Å²) in [7, 11) is 2.11. The smallest absolute Gasteiger partial charge is 0.253 e. The first kappa shape index (κ1) is 24.6. The second kappa shape index (κ2) is 12.1. The van der Waals surface area contributed by atoms with Crippen LogP contribution in [0.2, 0.25) is 0 Å². The fraction of sp³-hybridized carbons (Fsp3) is 0.529. The average Bonchev–Trinajstić information content (AvgIpc) is 2.59. The van der Waals surface area contributed by atoms with Gasteiger partial charge in [-0.05, 0) is 24.1 Å². The summed E-state index contributed by atoms with van der Waals surface area (Å²) < 4.78 is 22.9. The van der Waals surface area contributed by atoms with Gasteiger partial charge in [0.25, 0.3) is 5.91 Å². The first-order valence-corrected chi connectivity index (χ1v) is 10.1. The van der Waals surface area contributed by atoms with Gasteiger partial charge in [0.15, 0.2) is 15.8 Å². The van der Waals surface area contributed by atoms with E-state index >= 15 is 0 Å². The number of halogens is 1. The molecule has 1 rings (SSSR count). The van der Waals surface area contributed by atoms with Crippen molar-refractivity contribution in [2.75, 3.05) is 45.7 Å². The molecule has 0 heterocycles. The molecule has 0 aliphatic carbocycles. The Morgan fingerprint density at radius 1 is 1.19 bits per heavy atom. The van der Waals surface area contributed by atoms with Crippen LogP contribution in [-0.2, 0) is 16.3 Å². The Hall–Kier alpha value is -1.36. The van der Waals surface area contributed by atoms with Gasteiger partial charge in [-0.3, -0.25) is 9.79 Å². The fourth-order valence-corrected chi connectivity index (χ4v) is 2.83. The number of carbonyl (C=O) groups excluding carboxylic acids is 1. The third-order valence-electron chi connectivity index (χ3n) is 3.66. The van der Waals surface area contributed by atoms with Crippen LogP contribution in [0.4, 0.5) is 0 Å². The molecule has 0 fully saturated rings. The van der Waals surface area contributed by atoms with E-state index in [1.54, 1.807) is 39.0 Å². The first-order valence-electron chi connectivity index (χ1n) is 8.24. The van der Waals surface area contributed by atoms with E-state index in [-0.39, 0.29) is 41.4 Å². The summed E-state index contributed by atoms with van der Waals surface area (Å²) in [5, 5.41) is 6.13. The molecule has 0 atom stereocenters. The van der Waals surface area contributed by atoms with Crippen LogP contribution in [0.1, 0.15) is 22.8 Å². The molecule has 26 heavy (non-hydrogen) atoms. The number of nitrogens with one attached hydrogen (secondary N) is 2. The lowest BCUT2D eigenvalue weighted by Gasteiger charge is -2.13. The molecule has 1 aromatic rings. The monoisotopic (exact) mass is 496 g/mol. The molecule has 0 bridgehead atoms. The number of sulfone groups is 1. The maximum absolute atomic E-state index is 12.0. The van der Waals surface area contributed by atoms with Crippen LogP contribution in [0.3, 0.4) is 0 Å². The zero-order chi connectivity index (χ0) is 18.9. The molecule has 0 aliphatic rings. The number of guanidine groups is 1. The van der Waals surface area contributed by atoms with E-state index in [4.69, 9.17) is 0 Å². The highest BCUT2D eigenvalue weighted by Gasteiger charge is 2.09. The molecule has 7 nitrogen and oxygen atoms in total. The van der Waals surface area contributed by atoms with Crippen LogP contribution in [0.25, 0.3) is 0 Å². The van der Waals surface area contributed by atoms with Crippen molar-refractivity contribution < 1.29 is 13.2 Å². The van der Waals surface area contributed by atoms with Crippen molar-refractivity contribution in [1.29, 1.82) is 0 Å². The maximum atomic E-state index is 12.0. The van der Waals surface area contributed by atoms with E-state index < -0.39 is 9.84 Å². The van der Waals surface area contributed by atoms with Gasteiger partial charge in [0.1, 0.15) is 0 Å². The molecule has 2 N–H and O–H groups in total. The van der Waals surface area contributed by atoms with Gasteiger partial charge >= 0.3 is 0 Å². The summed E-state index contributed by atoms with van der Waals surface area (Å²) in [5.74, 6) is 0.762. The van der Waals surface area contributed by atoms with Crippen molar-refractivity contribution in [3.05, 3.63) is 35.4 Å². The summed E-state index contributed by atoms with van der Waals surface area (Å²) in [6.45, 7) is 2.58. The number of rotatable bonds is 8. The number of hydrogen-bond donors (Lipinski definition) is 2. The Kier molecular flexibility index (Phi) is 11.5. The van der Waals surface area contributed by atoms with E-state index in [1.165, 1.54) is 0 Å². The van der Waals surface area contributed by atoms with E-state index in [1.807, 2.05) is 18.2 Å². The molecule has 9 heteroatoms. The lowest BCUT2D eigenvalue weighted by atomic mass is 10.1. The zero-order valence-corrected chi connectivity index (χ0v) is 18.9. The summed E-state index contributed by atoms with van der Waals surface area (Å²) in [6, 6.07) is 7.52. The molecule has 0 saturated heterocycles. The minimum atomic E-state index is -2.99. The minimum Gasteiger partial charge on any atom is -0.356 e.